The Morgan fingerprint density at radius 1 is 1.50 bits per heavy atom. The van der Waals surface area contributed by atoms with Gasteiger partial charge in [-0.25, -0.2) is 13.1 Å². The van der Waals surface area contributed by atoms with E-state index in [9.17, 15) is 22.0 Å². The highest BCUT2D eigenvalue weighted by Gasteiger charge is 2.46. The predicted molar refractivity (Wildman–Crippen MR) is 64.6 cm³/mol. The fourth-order valence-corrected chi connectivity index (χ4v) is 4.28. The third-order valence-electron chi connectivity index (χ3n) is 3.28. The second-order valence-corrected chi connectivity index (χ2v) is 7.11. The summed E-state index contributed by atoms with van der Waals surface area (Å²) in [5.74, 6) is -6.19. The molecule has 0 saturated carbocycles. The molecule has 0 aromatic carbocycles. The minimum absolute atomic E-state index is 0.114. The SMILES string of the molecule is C[C@@H]1CS(=O)(=O)C[C@@H]1NC(=O)C(F)(F)c1cnnn1C. The maximum absolute atomic E-state index is 14.0. The average Bonchev–Trinajstić information content (AvgIpc) is 2.83. The Hall–Kier alpha value is -1.58. The number of aryl methyl sites for hydroxylation is 1. The molecule has 0 spiro atoms. The third-order valence-corrected chi connectivity index (χ3v) is 5.18. The van der Waals surface area contributed by atoms with Crippen LogP contribution in [0.25, 0.3) is 0 Å². The zero-order chi connectivity index (χ0) is 15.1. The molecule has 2 heterocycles. The van der Waals surface area contributed by atoms with E-state index >= 15 is 0 Å². The van der Waals surface area contributed by atoms with Gasteiger partial charge in [-0.2, -0.15) is 8.78 Å². The molecule has 1 aliphatic heterocycles. The molecule has 0 bridgehead atoms. The average molecular weight is 308 g/mol. The Kier molecular flexibility index (Phi) is 3.53. The van der Waals surface area contributed by atoms with Crippen LogP contribution in [-0.2, 0) is 27.6 Å². The first-order valence-corrected chi connectivity index (χ1v) is 7.70. The van der Waals surface area contributed by atoms with Crippen molar-refractivity contribution in [3.05, 3.63) is 11.9 Å². The summed E-state index contributed by atoms with van der Waals surface area (Å²) in [6.07, 6.45) is 0.800. The van der Waals surface area contributed by atoms with Gasteiger partial charge >= 0.3 is 5.92 Å². The second kappa shape index (κ2) is 4.76. The molecule has 1 aromatic rings. The van der Waals surface area contributed by atoms with Gasteiger partial charge in [-0.3, -0.25) is 4.79 Å². The van der Waals surface area contributed by atoms with Crippen molar-refractivity contribution in [1.29, 1.82) is 0 Å². The van der Waals surface area contributed by atoms with Gasteiger partial charge in [0, 0.05) is 13.1 Å². The number of rotatable bonds is 3. The molecule has 10 heteroatoms. The minimum atomic E-state index is -3.82. The van der Waals surface area contributed by atoms with Crippen LogP contribution in [0.15, 0.2) is 6.20 Å². The van der Waals surface area contributed by atoms with Crippen LogP contribution in [0, 0.1) is 5.92 Å². The fourth-order valence-electron chi connectivity index (χ4n) is 2.16. The molecule has 1 saturated heterocycles. The van der Waals surface area contributed by atoms with E-state index in [1.54, 1.807) is 6.92 Å². The first kappa shape index (κ1) is 14.8. The maximum Gasteiger partial charge on any atom is 0.367 e. The molecule has 0 unspecified atom stereocenters. The van der Waals surface area contributed by atoms with Crippen LogP contribution in [0.5, 0.6) is 0 Å². The van der Waals surface area contributed by atoms with Crippen LogP contribution in [0.4, 0.5) is 8.78 Å². The van der Waals surface area contributed by atoms with Gasteiger partial charge in [-0.1, -0.05) is 12.1 Å². The molecule has 1 aromatic heterocycles. The number of sulfone groups is 1. The number of hydrogen-bond acceptors (Lipinski definition) is 5. The Balaban J connectivity index is 2.15. The number of carbonyl (C=O) groups excluding carboxylic acids is 1. The van der Waals surface area contributed by atoms with Gasteiger partial charge in [-0.05, 0) is 5.92 Å². The van der Waals surface area contributed by atoms with E-state index in [0.29, 0.717) is 0 Å². The highest BCUT2D eigenvalue weighted by Crippen LogP contribution is 2.28. The summed E-state index contributed by atoms with van der Waals surface area (Å²) in [6.45, 7) is 1.60. The summed E-state index contributed by atoms with van der Waals surface area (Å²) in [5.41, 5.74) is -0.650. The minimum Gasteiger partial charge on any atom is -0.346 e. The normalized spacial score (nSPS) is 25.6. The van der Waals surface area contributed by atoms with Gasteiger partial charge in [0.2, 0.25) is 0 Å². The van der Waals surface area contributed by atoms with E-state index in [2.05, 4.69) is 15.6 Å². The lowest BCUT2D eigenvalue weighted by Gasteiger charge is -2.20. The van der Waals surface area contributed by atoms with Crippen LogP contribution in [-0.4, -0.2) is 46.9 Å². The zero-order valence-corrected chi connectivity index (χ0v) is 11.7. The van der Waals surface area contributed by atoms with Crippen LogP contribution in [0.3, 0.4) is 0 Å². The smallest absolute Gasteiger partial charge is 0.346 e. The van der Waals surface area contributed by atoms with E-state index in [1.807, 2.05) is 0 Å². The summed E-state index contributed by atoms with van der Waals surface area (Å²) in [7, 11) is -2.05. The van der Waals surface area contributed by atoms with E-state index in [1.165, 1.54) is 7.05 Å². The second-order valence-electron chi connectivity index (χ2n) is 4.95. The summed E-state index contributed by atoms with van der Waals surface area (Å²) in [5, 5.41) is 8.75. The van der Waals surface area contributed by atoms with Crippen molar-refractivity contribution in [2.75, 3.05) is 11.5 Å². The molecule has 20 heavy (non-hydrogen) atoms. The van der Waals surface area contributed by atoms with Crippen molar-refractivity contribution >= 4 is 15.7 Å². The molecule has 112 valence electrons. The Bertz CT molecular complexity index is 628. The standard InChI is InChI=1S/C10H14F2N4O3S/c1-6-4-20(18,19)5-7(6)14-9(17)10(11,12)8-3-13-15-16(8)2/h3,6-7H,4-5H2,1-2H3,(H,14,17)/t6-,7+/m1/s1. The van der Waals surface area contributed by atoms with Crippen molar-refractivity contribution < 1.29 is 22.0 Å². The highest BCUT2D eigenvalue weighted by atomic mass is 32.2. The van der Waals surface area contributed by atoms with E-state index in [4.69, 9.17) is 0 Å². The lowest BCUT2D eigenvalue weighted by molar-refractivity contribution is -0.148. The number of hydrogen-bond donors (Lipinski definition) is 1. The quantitative estimate of drug-likeness (QED) is 0.809. The molecule has 0 radical (unpaired) electrons. The topological polar surface area (TPSA) is 93.9 Å². The van der Waals surface area contributed by atoms with Crippen LogP contribution < -0.4 is 5.32 Å². The van der Waals surface area contributed by atoms with Gasteiger partial charge < -0.3 is 5.32 Å². The molecule has 1 amide bonds. The monoisotopic (exact) mass is 308 g/mol. The maximum atomic E-state index is 14.0. The number of aromatic nitrogens is 3. The zero-order valence-electron chi connectivity index (χ0n) is 10.9. The van der Waals surface area contributed by atoms with E-state index in [0.717, 1.165) is 10.9 Å². The Morgan fingerprint density at radius 3 is 2.60 bits per heavy atom. The molecular formula is C10H14F2N4O3S. The number of amides is 1. The van der Waals surface area contributed by atoms with Crippen LogP contribution >= 0.6 is 0 Å². The van der Waals surface area contributed by atoms with E-state index < -0.39 is 39.3 Å². The summed E-state index contributed by atoms with van der Waals surface area (Å²) < 4.78 is 51.5. The molecular weight excluding hydrogens is 294 g/mol. The van der Waals surface area contributed by atoms with Gasteiger partial charge in [-0.15, -0.1) is 5.10 Å². The van der Waals surface area contributed by atoms with Crippen molar-refractivity contribution in [3.8, 4) is 0 Å². The number of halogens is 2. The Labute approximate surface area is 114 Å². The highest BCUT2D eigenvalue weighted by molar-refractivity contribution is 7.91. The number of alkyl halides is 2. The molecule has 1 N–H and O–H groups in total. The molecule has 1 fully saturated rings. The van der Waals surface area contributed by atoms with Gasteiger partial charge in [0.15, 0.2) is 9.84 Å². The fraction of sp³-hybridized carbons (Fsp3) is 0.700. The lowest BCUT2D eigenvalue weighted by atomic mass is 10.1. The van der Waals surface area contributed by atoms with Gasteiger partial charge in [0.25, 0.3) is 5.91 Å². The first-order valence-electron chi connectivity index (χ1n) is 5.88. The van der Waals surface area contributed by atoms with E-state index in [-0.39, 0.29) is 11.5 Å². The molecule has 2 atom stereocenters. The summed E-state index contributed by atoms with van der Waals surface area (Å²) in [6, 6.07) is -0.806. The largest absolute Gasteiger partial charge is 0.367 e. The molecule has 7 nitrogen and oxygen atoms in total. The first-order chi connectivity index (χ1) is 9.13. The number of nitrogens with one attached hydrogen (secondary N) is 1. The van der Waals surface area contributed by atoms with Crippen molar-refractivity contribution in [1.82, 2.24) is 20.3 Å². The summed E-state index contributed by atoms with van der Waals surface area (Å²) >= 11 is 0. The molecule has 0 aliphatic carbocycles. The van der Waals surface area contributed by atoms with Gasteiger partial charge in [0.1, 0.15) is 5.69 Å². The van der Waals surface area contributed by atoms with Crippen LogP contribution in [0.2, 0.25) is 0 Å². The van der Waals surface area contributed by atoms with Crippen molar-refractivity contribution in [2.24, 2.45) is 13.0 Å². The summed E-state index contributed by atoms with van der Waals surface area (Å²) in [4.78, 5) is 11.7. The van der Waals surface area contributed by atoms with Crippen molar-refractivity contribution in [3.63, 3.8) is 0 Å². The number of carbonyl (C=O) groups is 1. The van der Waals surface area contributed by atoms with Crippen LogP contribution in [0.1, 0.15) is 12.6 Å². The van der Waals surface area contributed by atoms with Crippen molar-refractivity contribution in [2.45, 2.75) is 18.9 Å². The number of nitrogens with zero attached hydrogens (tertiary/aromatic N) is 3. The molecule has 1 aliphatic rings. The lowest BCUT2D eigenvalue weighted by Crippen LogP contribution is -2.47. The molecule has 2 rings (SSSR count). The predicted octanol–water partition coefficient (Wildman–Crippen LogP) is -0.544. The Morgan fingerprint density at radius 2 is 2.15 bits per heavy atom. The van der Waals surface area contributed by atoms with Gasteiger partial charge in [0.05, 0.1) is 17.7 Å². The third kappa shape index (κ3) is 2.65.